The first-order valence-corrected chi connectivity index (χ1v) is 8.90. The summed E-state index contributed by atoms with van der Waals surface area (Å²) in [7, 11) is -3.23. The van der Waals surface area contributed by atoms with Crippen LogP contribution in [0, 0.1) is 17.8 Å². The van der Waals surface area contributed by atoms with E-state index < -0.39 is 21.8 Å². The summed E-state index contributed by atoms with van der Waals surface area (Å²) in [5.41, 5.74) is 0. The molecular formula is C13H19NO5S. The molecule has 6 nitrogen and oxygen atoms in total. The van der Waals surface area contributed by atoms with E-state index in [9.17, 15) is 18.0 Å². The van der Waals surface area contributed by atoms with E-state index in [1.807, 2.05) is 0 Å². The number of fused-ring (bicyclic) bond motifs is 1. The Labute approximate surface area is 118 Å². The van der Waals surface area contributed by atoms with Crippen LogP contribution in [0.15, 0.2) is 0 Å². The van der Waals surface area contributed by atoms with Crippen molar-refractivity contribution >= 4 is 21.7 Å². The molecule has 3 fully saturated rings. The number of nitrogens with zero attached hydrogens (tertiary/aromatic N) is 1. The maximum Gasteiger partial charge on any atom is 0.305 e. The molecule has 3 aliphatic rings. The number of hydrogen-bond donors (Lipinski definition) is 1. The van der Waals surface area contributed by atoms with Gasteiger partial charge in [0, 0.05) is 12.5 Å². The average molecular weight is 301 g/mol. The monoisotopic (exact) mass is 301 g/mol. The number of rotatable bonds is 3. The van der Waals surface area contributed by atoms with Gasteiger partial charge in [-0.2, -0.15) is 0 Å². The van der Waals surface area contributed by atoms with Gasteiger partial charge < -0.3 is 10.0 Å². The molecule has 1 N–H and O–H groups in total. The lowest BCUT2D eigenvalue weighted by Crippen LogP contribution is -2.53. The first-order valence-electron chi connectivity index (χ1n) is 7.08. The highest BCUT2D eigenvalue weighted by Crippen LogP contribution is 2.54. The Morgan fingerprint density at radius 2 is 1.80 bits per heavy atom. The van der Waals surface area contributed by atoms with Crippen LogP contribution < -0.4 is 0 Å². The molecule has 1 saturated heterocycles. The fourth-order valence-corrected chi connectivity index (χ4v) is 5.22. The van der Waals surface area contributed by atoms with Crippen molar-refractivity contribution < 1.29 is 23.1 Å². The molecule has 112 valence electrons. The third-order valence-electron chi connectivity index (χ3n) is 4.82. The molecule has 1 heterocycles. The largest absolute Gasteiger partial charge is 0.481 e. The maximum atomic E-state index is 12.5. The summed E-state index contributed by atoms with van der Waals surface area (Å²) in [6, 6.07) is -0.698. The van der Waals surface area contributed by atoms with Gasteiger partial charge in [-0.15, -0.1) is 0 Å². The van der Waals surface area contributed by atoms with E-state index in [1.165, 1.54) is 11.3 Å². The normalized spacial score (nSPS) is 38.3. The van der Waals surface area contributed by atoms with Crippen LogP contribution in [0.1, 0.15) is 25.7 Å². The van der Waals surface area contributed by atoms with Gasteiger partial charge in [-0.1, -0.05) is 0 Å². The highest BCUT2D eigenvalue weighted by molar-refractivity contribution is 7.91. The summed E-state index contributed by atoms with van der Waals surface area (Å²) >= 11 is 0. The van der Waals surface area contributed by atoms with Crippen LogP contribution in [0.2, 0.25) is 0 Å². The zero-order valence-corrected chi connectivity index (χ0v) is 12.0. The van der Waals surface area contributed by atoms with Gasteiger partial charge in [-0.25, -0.2) is 8.42 Å². The number of aliphatic carboxylic acids is 1. The minimum atomic E-state index is -3.23. The van der Waals surface area contributed by atoms with Crippen LogP contribution in [0.3, 0.4) is 0 Å². The second-order valence-corrected chi connectivity index (χ2v) is 8.55. The number of carboxylic acid groups (broad SMARTS) is 1. The number of sulfone groups is 1. The molecule has 0 aromatic heterocycles. The molecule has 0 spiro atoms. The predicted molar refractivity (Wildman–Crippen MR) is 70.7 cm³/mol. The molecule has 2 saturated carbocycles. The fourth-order valence-electron chi connectivity index (χ4n) is 3.70. The molecule has 3 atom stereocenters. The number of carbonyl (C=O) groups is 2. The molecular weight excluding hydrogens is 282 g/mol. The molecule has 20 heavy (non-hydrogen) atoms. The van der Waals surface area contributed by atoms with E-state index >= 15 is 0 Å². The van der Waals surface area contributed by atoms with Gasteiger partial charge in [0.15, 0.2) is 9.84 Å². The van der Waals surface area contributed by atoms with Crippen LogP contribution in [0.4, 0.5) is 0 Å². The van der Waals surface area contributed by atoms with Gasteiger partial charge in [-0.05, 0) is 31.1 Å². The summed E-state index contributed by atoms with van der Waals surface area (Å²) in [5.74, 6) is -0.0156. The van der Waals surface area contributed by atoms with E-state index in [2.05, 4.69) is 0 Å². The zero-order valence-electron chi connectivity index (χ0n) is 11.2. The number of carboxylic acids is 1. The molecule has 0 aromatic rings. The van der Waals surface area contributed by atoms with Gasteiger partial charge in [-0.3, -0.25) is 9.59 Å². The van der Waals surface area contributed by atoms with Crippen molar-refractivity contribution in [3.8, 4) is 0 Å². The molecule has 1 aliphatic heterocycles. The molecule has 0 bridgehead atoms. The Kier molecular flexibility index (Phi) is 3.27. The van der Waals surface area contributed by atoms with E-state index in [0.717, 1.165) is 12.8 Å². The van der Waals surface area contributed by atoms with Crippen molar-refractivity contribution in [1.29, 1.82) is 0 Å². The predicted octanol–water partition coefficient (Wildman–Crippen LogP) is 0.133. The minimum Gasteiger partial charge on any atom is -0.481 e. The SMILES string of the molecule is O=C(O)CC1CS(=O)(=O)CCN1C(=O)C1CC2CC2C1. The van der Waals surface area contributed by atoms with E-state index in [-0.39, 0.29) is 36.3 Å². The third kappa shape index (κ3) is 2.68. The van der Waals surface area contributed by atoms with Crippen LogP contribution in [0.25, 0.3) is 0 Å². The number of carbonyl (C=O) groups excluding carboxylic acids is 1. The van der Waals surface area contributed by atoms with Gasteiger partial charge in [0.2, 0.25) is 5.91 Å². The van der Waals surface area contributed by atoms with E-state index in [1.54, 1.807) is 0 Å². The summed E-state index contributed by atoms with van der Waals surface area (Å²) in [5, 5.41) is 8.92. The maximum absolute atomic E-state index is 12.5. The van der Waals surface area contributed by atoms with Crippen molar-refractivity contribution in [2.75, 3.05) is 18.1 Å². The van der Waals surface area contributed by atoms with E-state index in [0.29, 0.717) is 11.8 Å². The Morgan fingerprint density at radius 3 is 2.40 bits per heavy atom. The Bertz CT molecular complexity index is 533. The van der Waals surface area contributed by atoms with Crippen molar-refractivity contribution in [2.45, 2.75) is 31.7 Å². The second-order valence-electron chi connectivity index (χ2n) is 6.32. The summed E-state index contributed by atoms with van der Waals surface area (Å²) in [4.78, 5) is 24.9. The fraction of sp³-hybridized carbons (Fsp3) is 0.846. The Balaban J connectivity index is 1.71. The van der Waals surface area contributed by atoms with Crippen molar-refractivity contribution in [3.05, 3.63) is 0 Å². The lowest BCUT2D eigenvalue weighted by molar-refractivity contribution is -0.142. The summed E-state index contributed by atoms with van der Waals surface area (Å²) < 4.78 is 23.3. The quantitative estimate of drug-likeness (QED) is 0.800. The number of amides is 1. The molecule has 3 rings (SSSR count). The van der Waals surface area contributed by atoms with Gasteiger partial charge in [0.1, 0.15) is 0 Å². The first-order chi connectivity index (χ1) is 9.35. The van der Waals surface area contributed by atoms with Crippen LogP contribution >= 0.6 is 0 Å². The highest BCUT2D eigenvalue weighted by atomic mass is 32.2. The van der Waals surface area contributed by atoms with Crippen LogP contribution in [0.5, 0.6) is 0 Å². The first kappa shape index (κ1) is 13.9. The summed E-state index contributed by atoms with van der Waals surface area (Å²) in [6.45, 7) is 0.144. The number of hydrogen-bond acceptors (Lipinski definition) is 4. The molecule has 2 aliphatic carbocycles. The van der Waals surface area contributed by atoms with Crippen molar-refractivity contribution in [2.24, 2.45) is 17.8 Å². The van der Waals surface area contributed by atoms with Crippen LogP contribution in [-0.2, 0) is 19.4 Å². The Hall–Kier alpha value is -1.11. The van der Waals surface area contributed by atoms with Gasteiger partial charge >= 0.3 is 5.97 Å². The van der Waals surface area contributed by atoms with Gasteiger partial charge in [0.25, 0.3) is 0 Å². The topological polar surface area (TPSA) is 91.8 Å². The molecule has 1 amide bonds. The lowest BCUT2D eigenvalue weighted by atomic mass is 10.0. The molecule has 0 aromatic carbocycles. The standard InChI is InChI=1S/C13H19NO5S/c15-12(16)6-11-7-20(18,19)2-1-14(11)13(17)10-4-8-3-9(8)5-10/h8-11H,1-7H2,(H,15,16). The molecule has 3 unspecified atom stereocenters. The van der Waals surface area contributed by atoms with Crippen molar-refractivity contribution in [1.82, 2.24) is 4.90 Å². The summed E-state index contributed by atoms with van der Waals surface area (Å²) in [6.07, 6.45) is 2.72. The smallest absolute Gasteiger partial charge is 0.305 e. The molecule has 7 heteroatoms. The average Bonchev–Trinajstić information content (AvgIpc) is 2.94. The highest BCUT2D eigenvalue weighted by Gasteiger charge is 2.50. The second kappa shape index (κ2) is 4.72. The van der Waals surface area contributed by atoms with Crippen molar-refractivity contribution in [3.63, 3.8) is 0 Å². The lowest BCUT2D eigenvalue weighted by Gasteiger charge is -2.36. The molecule has 0 radical (unpaired) electrons. The Morgan fingerprint density at radius 1 is 1.15 bits per heavy atom. The third-order valence-corrected chi connectivity index (χ3v) is 6.51. The van der Waals surface area contributed by atoms with Gasteiger partial charge in [0.05, 0.1) is 24.0 Å². The minimum absolute atomic E-state index is 0.0177. The van der Waals surface area contributed by atoms with Crippen LogP contribution in [-0.4, -0.2) is 54.4 Å². The van der Waals surface area contributed by atoms with E-state index in [4.69, 9.17) is 5.11 Å². The zero-order chi connectivity index (χ0) is 14.5.